The zero-order valence-corrected chi connectivity index (χ0v) is 19.2. The number of nitrogens with one attached hydrogen (secondary N) is 2. The molecule has 0 heterocycles. The predicted octanol–water partition coefficient (Wildman–Crippen LogP) is 3.81. The highest BCUT2D eigenvalue weighted by molar-refractivity contribution is 14.0. The first-order chi connectivity index (χ1) is 13.0. The van der Waals surface area contributed by atoms with Gasteiger partial charge >= 0.3 is 0 Å². The monoisotopic (exact) mass is 500 g/mol. The predicted molar refractivity (Wildman–Crippen MR) is 124 cm³/mol. The van der Waals surface area contributed by atoms with Crippen LogP contribution in [0.3, 0.4) is 0 Å². The molecule has 0 saturated heterocycles. The van der Waals surface area contributed by atoms with Gasteiger partial charge in [0.1, 0.15) is 11.6 Å². The van der Waals surface area contributed by atoms with E-state index in [4.69, 9.17) is 4.74 Å². The van der Waals surface area contributed by atoms with Gasteiger partial charge in [-0.15, -0.1) is 24.0 Å². The molecule has 2 N–H and O–H groups in total. The first kappa shape index (κ1) is 24.2. The molecule has 0 aliphatic carbocycles. The second-order valence-corrected chi connectivity index (χ2v) is 6.43. The van der Waals surface area contributed by atoms with Gasteiger partial charge in [-0.05, 0) is 44.8 Å². The molecule has 2 rings (SSSR count). The molecule has 28 heavy (non-hydrogen) atoms. The van der Waals surface area contributed by atoms with Gasteiger partial charge in [-0.2, -0.15) is 0 Å². The van der Waals surface area contributed by atoms with Crippen LogP contribution in [0.4, 0.5) is 4.39 Å². The number of rotatable bonds is 8. The normalized spacial score (nSPS) is 12.3. The topological polar surface area (TPSA) is 48.9 Å². The van der Waals surface area contributed by atoms with Crippen LogP contribution >= 0.6 is 24.0 Å². The molecule has 154 valence electrons. The Morgan fingerprint density at radius 1 is 1.14 bits per heavy atom. The average molecular weight is 500 g/mol. The van der Waals surface area contributed by atoms with Gasteiger partial charge in [-0.3, -0.25) is 0 Å². The molecule has 2 aromatic rings. The van der Waals surface area contributed by atoms with Crippen LogP contribution in [0.2, 0.25) is 0 Å². The molecule has 0 aromatic heterocycles. The lowest BCUT2D eigenvalue weighted by atomic mass is 10.0. The Kier molecular flexibility index (Phi) is 10.8. The van der Waals surface area contributed by atoms with E-state index in [1.807, 2.05) is 45.3 Å². The van der Waals surface area contributed by atoms with E-state index in [0.717, 1.165) is 23.4 Å². The van der Waals surface area contributed by atoms with Gasteiger partial charge in [0.25, 0.3) is 0 Å². The van der Waals surface area contributed by atoms with E-state index in [9.17, 15) is 4.39 Å². The van der Waals surface area contributed by atoms with E-state index in [1.54, 1.807) is 13.2 Å². The largest absolute Gasteiger partial charge is 0.496 e. The van der Waals surface area contributed by atoms with E-state index >= 15 is 0 Å². The average Bonchev–Trinajstić information content (AvgIpc) is 2.66. The van der Waals surface area contributed by atoms with Gasteiger partial charge in [0, 0.05) is 18.7 Å². The SMILES string of the molecule is CCNC(=NCc1cccc(F)c1)NCC(c1ccccc1OC)N(C)C.I. The fourth-order valence-corrected chi connectivity index (χ4v) is 2.85. The molecule has 0 bridgehead atoms. The molecule has 7 heteroatoms. The Bertz CT molecular complexity index is 755. The van der Waals surface area contributed by atoms with Crippen LogP contribution in [-0.4, -0.2) is 45.2 Å². The second kappa shape index (κ2) is 12.6. The summed E-state index contributed by atoms with van der Waals surface area (Å²) >= 11 is 0. The van der Waals surface area contributed by atoms with Gasteiger partial charge in [-0.1, -0.05) is 30.3 Å². The molecular weight excluding hydrogens is 470 g/mol. The highest BCUT2D eigenvalue weighted by atomic mass is 127. The van der Waals surface area contributed by atoms with Crippen LogP contribution in [0.15, 0.2) is 53.5 Å². The number of guanidine groups is 1. The minimum Gasteiger partial charge on any atom is -0.496 e. The Hall–Kier alpha value is -1.87. The molecule has 5 nitrogen and oxygen atoms in total. The molecule has 0 aliphatic rings. The summed E-state index contributed by atoms with van der Waals surface area (Å²) in [6.07, 6.45) is 0. The number of hydrogen-bond acceptors (Lipinski definition) is 3. The third-order valence-corrected chi connectivity index (χ3v) is 4.24. The molecule has 0 saturated carbocycles. The van der Waals surface area contributed by atoms with Gasteiger partial charge < -0.3 is 20.3 Å². The fraction of sp³-hybridized carbons (Fsp3) is 0.381. The summed E-state index contributed by atoms with van der Waals surface area (Å²) in [5.74, 6) is 1.31. The number of para-hydroxylation sites is 1. The summed E-state index contributed by atoms with van der Waals surface area (Å²) in [6.45, 7) is 3.83. The van der Waals surface area contributed by atoms with Crippen molar-refractivity contribution in [3.8, 4) is 5.75 Å². The lowest BCUT2D eigenvalue weighted by molar-refractivity contribution is 0.287. The highest BCUT2D eigenvalue weighted by Crippen LogP contribution is 2.27. The number of methoxy groups -OCH3 is 1. The molecule has 0 amide bonds. The summed E-state index contributed by atoms with van der Waals surface area (Å²) in [4.78, 5) is 6.71. The number of hydrogen-bond donors (Lipinski definition) is 2. The molecule has 0 spiro atoms. The van der Waals surface area contributed by atoms with Crippen LogP contribution in [0.5, 0.6) is 5.75 Å². The van der Waals surface area contributed by atoms with E-state index in [0.29, 0.717) is 19.0 Å². The van der Waals surface area contributed by atoms with Crippen molar-refractivity contribution >= 4 is 29.9 Å². The number of nitrogens with zero attached hydrogens (tertiary/aromatic N) is 2. The molecule has 2 aromatic carbocycles. The number of benzene rings is 2. The van der Waals surface area contributed by atoms with Crippen molar-refractivity contribution in [2.24, 2.45) is 4.99 Å². The van der Waals surface area contributed by atoms with Crippen molar-refractivity contribution in [2.45, 2.75) is 19.5 Å². The van der Waals surface area contributed by atoms with Gasteiger partial charge in [0.2, 0.25) is 0 Å². The minimum atomic E-state index is -0.246. The van der Waals surface area contributed by atoms with E-state index in [1.165, 1.54) is 12.1 Å². The summed E-state index contributed by atoms with van der Waals surface area (Å²) in [6, 6.07) is 14.6. The van der Waals surface area contributed by atoms with Crippen molar-refractivity contribution in [2.75, 3.05) is 34.3 Å². The molecule has 1 atom stereocenters. The van der Waals surface area contributed by atoms with Gasteiger partial charge in [0.15, 0.2) is 5.96 Å². The second-order valence-electron chi connectivity index (χ2n) is 6.43. The fourth-order valence-electron chi connectivity index (χ4n) is 2.85. The number of halogens is 2. The van der Waals surface area contributed by atoms with Crippen LogP contribution in [0.25, 0.3) is 0 Å². The van der Waals surface area contributed by atoms with Crippen LogP contribution in [-0.2, 0) is 6.54 Å². The third kappa shape index (κ3) is 7.27. The van der Waals surface area contributed by atoms with Crippen molar-refractivity contribution in [3.05, 3.63) is 65.5 Å². The smallest absolute Gasteiger partial charge is 0.191 e. The zero-order chi connectivity index (χ0) is 19.6. The van der Waals surface area contributed by atoms with Crippen LogP contribution < -0.4 is 15.4 Å². The number of likely N-dealkylation sites (N-methyl/N-ethyl adjacent to an activating group) is 1. The first-order valence-corrected chi connectivity index (χ1v) is 9.11. The quantitative estimate of drug-likeness (QED) is 0.329. The Labute approximate surface area is 184 Å². The van der Waals surface area contributed by atoms with Crippen molar-refractivity contribution in [1.29, 1.82) is 0 Å². The third-order valence-electron chi connectivity index (χ3n) is 4.24. The molecule has 0 fully saturated rings. The Morgan fingerprint density at radius 3 is 2.54 bits per heavy atom. The van der Waals surface area contributed by atoms with Gasteiger partial charge in [0.05, 0.1) is 19.7 Å². The highest BCUT2D eigenvalue weighted by Gasteiger charge is 2.18. The van der Waals surface area contributed by atoms with Crippen LogP contribution in [0.1, 0.15) is 24.1 Å². The van der Waals surface area contributed by atoms with Crippen molar-refractivity contribution in [1.82, 2.24) is 15.5 Å². The maximum absolute atomic E-state index is 13.3. The van der Waals surface area contributed by atoms with E-state index in [-0.39, 0.29) is 35.8 Å². The number of ether oxygens (including phenoxy) is 1. The summed E-state index contributed by atoms with van der Waals surface area (Å²) in [5.41, 5.74) is 1.94. The van der Waals surface area contributed by atoms with Crippen molar-refractivity contribution < 1.29 is 9.13 Å². The summed E-state index contributed by atoms with van der Waals surface area (Å²) < 4.78 is 18.9. The van der Waals surface area contributed by atoms with Crippen LogP contribution in [0, 0.1) is 5.82 Å². The standard InChI is InChI=1S/C21H29FN4O.HI/c1-5-23-21(24-14-16-9-8-10-17(22)13-16)25-15-19(26(2)3)18-11-6-7-12-20(18)27-4;/h6-13,19H,5,14-15H2,1-4H3,(H2,23,24,25);1H. The van der Waals surface area contributed by atoms with E-state index < -0.39 is 0 Å². The lowest BCUT2D eigenvalue weighted by Gasteiger charge is -2.27. The molecule has 0 aliphatic heterocycles. The van der Waals surface area contributed by atoms with Crippen molar-refractivity contribution in [3.63, 3.8) is 0 Å². The summed E-state index contributed by atoms with van der Waals surface area (Å²) in [7, 11) is 5.76. The first-order valence-electron chi connectivity index (χ1n) is 9.11. The molecule has 0 radical (unpaired) electrons. The maximum atomic E-state index is 13.3. The molecular formula is C21H30FIN4O. The Balaban J connectivity index is 0.00000392. The maximum Gasteiger partial charge on any atom is 0.191 e. The van der Waals surface area contributed by atoms with Gasteiger partial charge in [-0.25, -0.2) is 9.38 Å². The zero-order valence-electron chi connectivity index (χ0n) is 16.9. The molecule has 1 unspecified atom stereocenters. The summed E-state index contributed by atoms with van der Waals surface area (Å²) in [5, 5.41) is 6.62. The Morgan fingerprint density at radius 2 is 1.89 bits per heavy atom. The lowest BCUT2D eigenvalue weighted by Crippen LogP contribution is -2.41. The van der Waals surface area contributed by atoms with E-state index in [2.05, 4.69) is 26.6 Å². The minimum absolute atomic E-state index is 0. The number of aliphatic imine (C=N–C) groups is 1.